The Balaban J connectivity index is 2.30. The van der Waals surface area contributed by atoms with Crippen LogP contribution < -0.4 is 0 Å². The number of hydrogen-bond acceptors (Lipinski definition) is 1. The highest BCUT2D eigenvalue weighted by Gasteiger charge is 2.11. The van der Waals surface area contributed by atoms with Gasteiger partial charge in [-0.2, -0.15) is 0 Å². The van der Waals surface area contributed by atoms with Gasteiger partial charge in [-0.15, -0.1) is 0 Å². The Kier molecular flexibility index (Phi) is 2.21. The van der Waals surface area contributed by atoms with Gasteiger partial charge >= 0.3 is 0 Å². The van der Waals surface area contributed by atoms with E-state index in [-0.39, 0.29) is 0 Å². The molecule has 0 amide bonds. The molecular formula is C8H14O. The maximum Gasteiger partial charge on any atom is 0.120 e. The van der Waals surface area contributed by atoms with Crippen molar-refractivity contribution in [3.05, 3.63) is 0 Å². The van der Waals surface area contributed by atoms with E-state index in [4.69, 9.17) is 1.37 Å². The lowest BCUT2D eigenvalue weighted by Gasteiger charge is -2.18. The molecule has 0 heterocycles. The fourth-order valence-electron chi connectivity index (χ4n) is 1.44. The van der Waals surface area contributed by atoms with Crippen LogP contribution in [0.3, 0.4) is 0 Å². The van der Waals surface area contributed by atoms with Gasteiger partial charge in [0.2, 0.25) is 0 Å². The Morgan fingerprint density at radius 3 is 2.67 bits per heavy atom. The molecule has 0 saturated heterocycles. The van der Waals surface area contributed by atoms with Crippen molar-refractivity contribution in [2.45, 2.75) is 38.5 Å². The summed E-state index contributed by atoms with van der Waals surface area (Å²) in [7, 11) is 0. The lowest BCUT2D eigenvalue weighted by Crippen LogP contribution is -2.05. The monoisotopic (exact) mass is 127 g/mol. The molecule has 1 atom stereocenters. The molecule has 0 bridgehead atoms. The topological polar surface area (TPSA) is 17.1 Å². The molecule has 0 unspecified atom stereocenters. The number of aldehydes is 1. The van der Waals surface area contributed by atoms with Gasteiger partial charge in [-0.05, 0) is 5.92 Å². The molecule has 1 nitrogen and oxygen atoms in total. The van der Waals surface area contributed by atoms with Crippen LogP contribution in [0, 0.1) is 5.92 Å². The number of hydrogen-bond donors (Lipinski definition) is 0. The summed E-state index contributed by atoms with van der Waals surface area (Å²) in [5.41, 5.74) is 0. The predicted octanol–water partition coefficient (Wildman–Crippen LogP) is 2.16. The summed E-state index contributed by atoms with van der Waals surface area (Å²) in [6, 6.07) is 0. The minimum absolute atomic E-state index is 0.367. The Morgan fingerprint density at radius 2 is 2.11 bits per heavy atom. The Bertz CT molecular complexity index is 108. The van der Waals surface area contributed by atoms with Crippen molar-refractivity contribution >= 4 is 6.29 Å². The third-order valence-electron chi connectivity index (χ3n) is 2.00. The number of carbonyl (C=O) groups is 1. The van der Waals surface area contributed by atoms with Crippen LogP contribution in [0.1, 0.15) is 39.9 Å². The molecule has 1 aliphatic rings. The zero-order valence-electron chi connectivity index (χ0n) is 6.68. The molecule has 0 aromatic rings. The summed E-state index contributed by atoms with van der Waals surface area (Å²) in [6.45, 7) is 0. The summed E-state index contributed by atoms with van der Waals surface area (Å²) in [5, 5.41) is 0. The second kappa shape index (κ2) is 3.65. The largest absolute Gasteiger partial charge is 0.303 e. The maximum absolute atomic E-state index is 10.2. The van der Waals surface area contributed by atoms with Crippen LogP contribution in [0.15, 0.2) is 0 Å². The molecule has 0 aliphatic heterocycles. The van der Waals surface area contributed by atoms with Gasteiger partial charge < -0.3 is 4.79 Å². The van der Waals surface area contributed by atoms with Crippen molar-refractivity contribution in [3.8, 4) is 0 Å². The molecule has 1 fully saturated rings. The van der Waals surface area contributed by atoms with Gasteiger partial charge in [0.15, 0.2) is 0 Å². The summed E-state index contributed by atoms with van der Waals surface area (Å²) >= 11 is 0. The lowest BCUT2D eigenvalue weighted by atomic mass is 9.87. The van der Waals surface area contributed by atoms with Crippen molar-refractivity contribution < 1.29 is 6.17 Å². The molecule has 0 N–H and O–H groups in total. The molecule has 1 heteroatoms. The smallest absolute Gasteiger partial charge is 0.120 e. The molecule has 1 saturated carbocycles. The van der Waals surface area contributed by atoms with Crippen molar-refractivity contribution in [1.29, 1.82) is 0 Å². The van der Waals surface area contributed by atoms with Crippen LogP contribution in [0.2, 0.25) is 0 Å². The molecule has 0 radical (unpaired) electrons. The van der Waals surface area contributed by atoms with Gasteiger partial charge in [0.05, 0.1) is 0 Å². The van der Waals surface area contributed by atoms with E-state index in [0.29, 0.717) is 5.92 Å². The van der Waals surface area contributed by atoms with Crippen LogP contribution in [0.5, 0.6) is 0 Å². The summed E-state index contributed by atoms with van der Waals surface area (Å²) in [5.74, 6) is 0.367. The zero-order valence-corrected chi connectivity index (χ0v) is 5.68. The second-order valence-electron chi connectivity index (χ2n) is 2.73. The molecule has 9 heavy (non-hydrogen) atoms. The average Bonchev–Trinajstić information content (AvgIpc) is 2.05. The van der Waals surface area contributed by atoms with Gasteiger partial charge in [-0.1, -0.05) is 32.1 Å². The Morgan fingerprint density at radius 1 is 1.44 bits per heavy atom. The fourth-order valence-corrected chi connectivity index (χ4v) is 1.44. The van der Waals surface area contributed by atoms with Crippen LogP contribution in [-0.2, 0) is 4.79 Å². The van der Waals surface area contributed by atoms with E-state index in [1.54, 1.807) is 0 Å². The van der Waals surface area contributed by atoms with Crippen molar-refractivity contribution in [3.63, 3.8) is 0 Å². The van der Waals surface area contributed by atoms with Crippen molar-refractivity contribution in [2.24, 2.45) is 5.92 Å². The first kappa shape index (κ1) is 5.45. The molecule has 0 spiro atoms. The van der Waals surface area contributed by atoms with Crippen molar-refractivity contribution in [1.82, 2.24) is 0 Å². The highest BCUT2D eigenvalue weighted by Crippen LogP contribution is 2.24. The predicted molar refractivity (Wildman–Crippen MR) is 37.3 cm³/mol. The van der Waals surface area contributed by atoms with Gasteiger partial charge in [0.25, 0.3) is 0 Å². The highest BCUT2D eigenvalue weighted by atomic mass is 16.1. The fraction of sp³-hybridized carbons (Fsp3) is 0.875. The van der Waals surface area contributed by atoms with Crippen LogP contribution in [-0.4, -0.2) is 6.29 Å². The van der Waals surface area contributed by atoms with E-state index >= 15 is 0 Å². The summed E-state index contributed by atoms with van der Waals surface area (Å²) in [4.78, 5) is 10.2. The van der Waals surface area contributed by atoms with E-state index in [9.17, 15) is 4.79 Å². The zero-order chi connectivity index (χ0) is 7.40. The van der Waals surface area contributed by atoms with Crippen LogP contribution >= 0.6 is 0 Å². The minimum atomic E-state index is -0.444. The van der Waals surface area contributed by atoms with E-state index in [1.165, 1.54) is 19.3 Å². The lowest BCUT2D eigenvalue weighted by molar-refractivity contribution is -0.108. The normalized spacial score (nSPS) is 26.9. The Labute approximate surface area is 57.9 Å². The number of carbonyl (C=O) groups excluding carboxylic acids is 1. The van der Waals surface area contributed by atoms with E-state index in [1.807, 2.05) is 0 Å². The molecule has 1 rings (SSSR count). The second-order valence-corrected chi connectivity index (χ2v) is 2.73. The number of rotatable bonds is 2. The molecule has 0 aromatic heterocycles. The SMILES string of the molecule is [2H][C@H](C=O)C1CCCCC1. The quantitative estimate of drug-likeness (QED) is 0.519. The van der Waals surface area contributed by atoms with Gasteiger partial charge in [-0.3, -0.25) is 0 Å². The third-order valence-corrected chi connectivity index (χ3v) is 2.00. The van der Waals surface area contributed by atoms with Crippen LogP contribution in [0.4, 0.5) is 0 Å². The van der Waals surface area contributed by atoms with Gasteiger partial charge in [-0.25, -0.2) is 0 Å². The first-order valence-corrected chi connectivity index (χ1v) is 3.72. The first-order valence-electron chi connectivity index (χ1n) is 4.30. The van der Waals surface area contributed by atoms with Crippen molar-refractivity contribution in [2.75, 3.05) is 0 Å². The summed E-state index contributed by atoms with van der Waals surface area (Å²) in [6.07, 6.45) is 6.24. The maximum atomic E-state index is 10.2. The van der Waals surface area contributed by atoms with Crippen LogP contribution in [0.25, 0.3) is 0 Å². The van der Waals surface area contributed by atoms with E-state index in [0.717, 1.165) is 19.1 Å². The van der Waals surface area contributed by atoms with Gasteiger partial charge in [0, 0.05) is 7.77 Å². The van der Waals surface area contributed by atoms with E-state index in [2.05, 4.69) is 0 Å². The summed E-state index contributed by atoms with van der Waals surface area (Å²) < 4.78 is 7.35. The molecule has 1 aliphatic carbocycles. The molecular weight excluding hydrogens is 112 g/mol. The average molecular weight is 127 g/mol. The standard InChI is InChI=1S/C8H14O/c9-7-6-8-4-2-1-3-5-8/h7-8H,1-6H2/i6D/t6-/m1/s1. The van der Waals surface area contributed by atoms with Gasteiger partial charge in [0.1, 0.15) is 6.29 Å². The highest BCUT2D eigenvalue weighted by molar-refractivity contribution is 5.49. The molecule has 0 aromatic carbocycles. The third kappa shape index (κ3) is 2.17. The van der Waals surface area contributed by atoms with E-state index < -0.39 is 6.40 Å². The molecule has 52 valence electrons. The first-order chi connectivity index (χ1) is 4.84. The minimum Gasteiger partial charge on any atom is -0.303 e. The Hall–Kier alpha value is -0.330.